The van der Waals surface area contributed by atoms with E-state index in [1.54, 1.807) is 0 Å². The fraction of sp³-hybridized carbons (Fsp3) is 0.923. The fourth-order valence-electron chi connectivity index (χ4n) is 3.61. The molecule has 2 rings (SSSR count). The minimum absolute atomic E-state index is 0.130. The van der Waals surface area contributed by atoms with Gasteiger partial charge in [0.2, 0.25) is 5.91 Å². The molecule has 2 saturated carbocycles. The molecule has 2 aliphatic carbocycles. The van der Waals surface area contributed by atoms with Crippen LogP contribution in [0.25, 0.3) is 0 Å². The molecule has 16 heavy (non-hydrogen) atoms. The van der Waals surface area contributed by atoms with Crippen molar-refractivity contribution in [3.05, 3.63) is 0 Å². The Labute approximate surface area is 98.4 Å². The van der Waals surface area contributed by atoms with E-state index in [9.17, 15) is 4.79 Å². The maximum Gasteiger partial charge on any atom is 0.227 e. The van der Waals surface area contributed by atoms with Gasteiger partial charge in [0.05, 0.1) is 5.92 Å². The molecule has 3 nitrogen and oxygen atoms in total. The van der Waals surface area contributed by atoms with E-state index < -0.39 is 0 Å². The van der Waals surface area contributed by atoms with Crippen LogP contribution in [-0.4, -0.2) is 29.9 Å². The van der Waals surface area contributed by atoms with E-state index in [-0.39, 0.29) is 12.0 Å². The highest BCUT2D eigenvalue weighted by atomic mass is 16.2. The largest absolute Gasteiger partial charge is 0.343 e. The molecule has 2 bridgehead atoms. The van der Waals surface area contributed by atoms with Gasteiger partial charge in [0, 0.05) is 19.1 Å². The second-order valence-electron chi connectivity index (χ2n) is 5.35. The number of nitrogens with two attached hydrogens (primary N) is 1. The first-order valence-corrected chi connectivity index (χ1v) is 6.73. The van der Waals surface area contributed by atoms with Gasteiger partial charge in [-0.05, 0) is 44.4 Å². The van der Waals surface area contributed by atoms with E-state index in [1.807, 2.05) is 4.90 Å². The zero-order valence-electron chi connectivity index (χ0n) is 10.5. The van der Waals surface area contributed by atoms with E-state index in [2.05, 4.69) is 13.8 Å². The molecule has 0 aliphatic heterocycles. The normalized spacial score (nSPS) is 36.7. The average Bonchev–Trinajstić information content (AvgIpc) is 2.85. The molecule has 92 valence electrons. The lowest BCUT2D eigenvalue weighted by Gasteiger charge is -2.32. The Morgan fingerprint density at radius 2 is 2.00 bits per heavy atom. The highest BCUT2D eigenvalue weighted by Crippen LogP contribution is 2.48. The fourth-order valence-corrected chi connectivity index (χ4v) is 3.61. The minimum atomic E-state index is 0.130. The lowest BCUT2D eigenvalue weighted by atomic mass is 9.84. The summed E-state index contributed by atoms with van der Waals surface area (Å²) in [6, 6.07) is 0.136. The van der Waals surface area contributed by atoms with Crippen LogP contribution in [0.3, 0.4) is 0 Å². The highest BCUT2D eigenvalue weighted by molar-refractivity contribution is 5.80. The summed E-state index contributed by atoms with van der Waals surface area (Å²) >= 11 is 0. The quantitative estimate of drug-likeness (QED) is 0.788. The van der Waals surface area contributed by atoms with Crippen molar-refractivity contribution >= 4 is 5.91 Å². The van der Waals surface area contributed by atoms with E-state index in [4.69, 9.17) is 5.73 Å². The van der Waals surface area contributed by atoms with Crippen LogP contribution in [0.1, 0.15) is 39.5 Å². The van der Waals surface area contributed by atoms with Crippen molar-refractivity contribution in [3.63, 3.8) is 0 Å². The van der Waals surface area contributed by atoms with E-state index >= 15 is 0 Å². The first-order valence-electron chi connectivity index (χ1n) is 6.73. The smallest absolute Gasteiger partial charge is 0.227 e. The number of carbonyl (C=O) groups is 1. The van der Waals surface area contributed by atoms with Gasteiger partial charge in [-0.2, -0.15) is 0 Å². The standard InChI is InChI=1S/C13H24N2O/c1-3-7-15(4-2)13(16)11-9-5-6-10(8-9)12(11)14/h9-12H,3-8,14H2,1-2H3. The number of rotatable bonds is 4. The molecule has 2 aliphatic rings. The number of fused-ring (bicyclic) bond motifs is 2. The van der Waals surface area contributed by atoms with Crippen molar-refractivity contribution in [2.75, 3.05) is 13.1 Å². The van der Waals surface area contributed by atoms with Crippen molar-refractivity contribution in [1.29, 1.82) is 0 Å². The summed E-state index contributed by atoms with van der Waals surface area (Å²) in [4.78, 5) is 14.4. The molecule has 0 heterocycles. The molecule has 4 atom stereocenters. The van der Waals surface area contributed by atoms with Crippen LogP contribution in [0, 0.1) is 17.8 Å². The van der Waals surface area contributed by atoms with Crippen molar-refractivity contribution in [1.82, 2.24) is 4.90 Å². The first-order chi connectivity index (χ1) is 7.69. The number of hydrogen-bond donors (Lipinski definition) is 1. The van der Waals surface area contributed by atoms with Crippen LogP contribution in [0.5, 0.6) is 0 Å². The summed E-state index contributed by atoms with van der Waals surface area (Å²) in [5, 5.41) is 0. The Bertz CT molecular complexity index is 265. The molecule has 1 amide bonds. The number of amides is 1. The molecule has 2 N–H and O–H groups in total. The van der Waals surface area contributed by atoms with Gasteiger partial charge >= 0.3 is 0 Å². The molecule has 0 aromatic heterocycles. The molecule has 0 spiro atoms. The van der Waals surface area contributed by atoms with E-state index in [1.165, 1.54) is 19.3 Å². The third kappa shape index (κ3) is 1.86. The van der Waals surface area contributed by atoms with Gasteiger partial charge in [-0.1, -0.05) is 6.92 Å². The van der Waals surface area contributed by atoms with Gasteiger partial charge < -0.3 is 10.6 Å². The summed E-state index contributed by atoms with van der Waals surface area (Å²) in [6.45, 7) is 5.90. The zero-order valence-corrected chi connectivity index (χ0v) is 10.5. The van der Waals surface area contributed by atoms with Crippen molar-refractivity contribution in [3.8, 4) is 0 Å². The Hall–Kier alpha value is -0.570. The zero-order chi connectivity index (χ0) is 11.7. The van der Waals surface area contributed by atoms with Gasteiger partial charge in [0.1, 0.15) is 0 Å². The van der Waals surface area contributed by atoms with Gasteiger partial charge in [-0.3, -0.25) is 4.79 Å². The molecule has 4 unspecified atom stereocenters. The van der Waals surface area contributed by atoms with Crippen LogP contribution in [0.15, 0.2) is 0 Å². The Morgan fingerprint density at radius 1 is 1.31 bits per heavy atom. The second kappa shape index (κ2) is 4.74. The molecular formula is C13H24N2O. The molecule has 0 aromatic rings. The van der Waals surface area contributed by atoms with Crippen LogP contribution < -0.4 is 5.73 Å². The van der Waals surface area contributed by atoms with Gasteiger partial charge in [-0.25, -0.2) is 0 Å². The van der Waals surface area contributed by atoms with Crippen molar-refractivity contribution in [2.45, 2.75) is 45.6 Å². The second-order valence-corrected chi connectivity index (χ2v) is 5.35. The number of hydrogen-bond acceptors (Lipinski definition) is 2. The Morgan fingerprint density at radius 3 is 2.50 bits per heavy atom. The maximum atomic E-state index is 12.4. The minimum Gasteiger partial charge on any atom is -0.343 e. The monoisotopic (exact) mass is 224 g/mol. The maximum absolute atomic E-state index is 12.4. The predicted octanol–water partition coefficient (Wildman–Crippen LogP) is 1.62. The Balaban J connectivity index is 2.03. The van der Waals surface area contributed by atoms with Crippen LogP contribution in [0.2, 0.25) is 0 Å². The Kier molecular flexibility index (Phi) is 3.53. The average molecular weight is 224 g/mol. The number of carbonyl (C=O) groups excluding carboxylic acids is 1. The lowest BCUT2D eigenvalue weighted by molar-refractivity contribution is -0.137. The first kappa shape index (κ1) is 11.9. The van der Waals surface area contributed by atoms with Gasteiger partial charge in [0.15, 0.2) is 0 Å². The molecule has 2 fully saturated rings. The van der Waals surface area contributed by atoms with E-state index in [0.29, 0.717) is 17.7 Å². The van der Waals surface area contributed by atoms with E-state index in [0.717, 1.165) is 19.5 Å². The highest BCUT2D eigenvalue weighted by Gasteiger charge is 2.49. The molecular weight excluding hydrogens is 200 g/mol. The molecule has 0 radical (unpaired) electrons. The summed E-state index contributed by atoms with van der Waals surface area (Å²) < 4.78 is 0. The van der Waals surface area contributed by atoms with Crippen LogP contribution in [0.4, 0.5) is 0 Å². The molecule has 3 heteroatoms. The third-order valence-electron chi connectivity index (χ3n) is 4.45. The summed E-state index contributed by atoms with van der Waals surface area (Å²) in [7, 11) is 0. The van der Waals surface area contributed by atoms with Crippen LogP contribution >= 0.6 is 0 Å². The lowest BCUT2D eigenvalue weighted by Crippen LogP contribution is -2.47. The predicted molar refractivity (Wildman–Crippen MR) is 64.8 cm³/mol. The van der Waals surface area contributed by atoms with Gasteiger partial charge in [0.25, 0.3) is 0 Å². The topological polar surface area (TPSA) is 46.3 Å². The summed E-state index contributed by atoms with van der Waals surface area (Å²) in [6.07, 6.45) is 4.70. The van der Waals surface area contributed by atoms with Gasteiger partial charge in [-0.15, -0.1) is 0 Å². The van der Waals surface area contributed by atoms with Crippen molar-refractivity contribution < 1.29 is 4.79 Å². The SMILES string of the molecule is CCCN(CC)C(=O)C1C2CCC(C2)C1N. The summed E-state index contributed by atoms with van der Waals surface area (Å²) in [5.41, 5.74) is 6.21. The third-order valence-corrected chi connectivity index (χ3v) is 4.45. The van der Waals surface area contributed by atoms with Crippen molar-refractivity contribution in [2.24, 2.45) is 23.5 Å². The molecule has 0 aromatic carbocycles. The number of nitrogens with zero attached hydrogens (tertiary/aromatic N) is 1. The summed E-state index contributed by atoms with van der Waals surface area (Å²) in [5.74, 6) is 1.66. The van der Waals surface area contributed by atoms with Crippen LogP contribution in [-0.2, 0) is 4.79 Å². The molecule has 0 saturated heterocycles.